The maximum Gasteiger partial charge on any atom is 0.198 e. The van der Waals surface area contributed by atoms with Gasteiger partial charge in [-0.05, 0) is 24.6 Å². The van der Waals surface area contributed by atoms with E-state index in [1.165, 1.54) is 25.3 Å². The molecule has 2 atom stereocenters. The monoisotopic (exact) mass is 195 g/mol. The van der Waals surface area contributed by atoms with Gasteiger partial charge in [-0.3, -0.25) is 0 Å². The quantitative estimate of drug-likeness (QED) is 0.659. The van der Waals surface area contributed by atoms with E-state index < -0.39 is 9.04 Å². The van der Waals surface area contributed by atoms with Gasteiger partial charge in [0.15, 0.2) is 9.04 Å². The van der Waals surface area contributed by atoms with Crippen LogP contribution in [0, 0.1) is 0 Å². The third kappa shape index (κ3) is 1.86. The van der Waals surface area contributed by atoms with Gasteiger partial charge in [-0.1, -0.05) is 12.8 Å². The second kappa shape index (κ2) is 4.11. The lowest BCUT2D eigenvalue weighted by Gasteiger charge is -2.30. The van der Waals surface area contributed by atoms with Gasteiger partial charge in [-0.2, -0.15) is 0 Å². The number of rotatable bonds is 2. The average Bonchev–Trinajstić information content (AvgIpc) is 2.70. The van der Waals surface area contributed by atoms with Crippen molar-refractivity contribution in [2.75, 3.05) is 7.11 Å². The summed E-state index contributed by atoms with van der Waals surface area (Å²) in [6.07, 6.45) is 8.42. The molecule has 0 amide bonds. The first kappa shape index (κ1) is 9.03. The van der Waals surface area contributed by atoms with Crippen LogP contribution >= 0.6 is 0 Å². The molecule has 0 radical (unpaired) electrons. The van der Waals surface area contributed by atoms with Crippen molar-refractivity contribution in [3.8, 4) is 0 Å². The normalized spacial score (nSPS) is 29.0. The van der Waals surface area contributed by atoms with E-state index in [2.05, 4.69) is 29.1 Å². The summed E-state index contributed by atoms with van der Waals surface area (Å²) in [5.74, 6) is 0. The number of aromatic nitrogens is 1. The molecule has 1 aromatic heterocycles. The first-order valence-electron chi connectivity index (χ1n) is 5.07. The Balaban J connectivity index is 2.11. The molecule has 1 fully saturated rings. The Bertz CT molecular complexity index is 247. The Hall–Kier alpha value is -0.543. The molecule has 0 aliphatic carbocycles. The second-order valence-electron chi connectivity index (χ2n) is 3.76. The fraction of sp³-hybridized carbons (Fsp3) is 0.600. The minimum absolute atomic E-state index is 0.703. The molecule has 2 heterocycles. The zero-order valence-electron chi connectivity index (χ0n) is 8.15. The Morgan fingerprint density at radius 2 is 2.08 bits per heavy atom. The van der Waals surface area contributed by atoms with Crippen LogP contribution in [0.2, 0.25) is 6.04 Å². The predicted molar refractivity (Wildman–Crippen MR) is 56.3 cm³/mol. The van der Waals surface area contributed by atoms with E-state index in [1.807, 2.05) is 7.11 Å². The van der Waals surface area contributed by atoms with Gasteiger partial charge in [0, 0.05) is 25.2 Å². The minimum atomic E-state index is -0.950. The molecule has 0 N–H and O–H groups in total. The van der Waals surface area contributed by atoms with Crippen LogP contribution in [0.15, 0.2) is 24.5 Å². The summed E-state index contributed by atoms with van der Waals surface area (Å²) < 4.78 is 7.99. The smallest absolute Gasteiger partial charge is 0.198 e. The van der Waals surface area contributed by atoms with Crippen LogP contribution in [0.3, 0.4) is 0 Å². The van der Waals surface area contributed by atoms with Gasteiger partial charge in [-0.25, -0.2) is 0 Å². The highest BCUT2D eigenvalue weighted by molar-refractivity contribution is 6.52. The number of nitrogens with zero attached hydrogens (tertiary/aromatic N) is 1. The molecule has 72 valence electrons. The summed E-state index contributed by atoms with van der Waals surface area (Å²) in [4.78, 5) is 0. The molecule has 1 aliphatic rings. The number of hydrogen-bond donors (Lipinski definition) is 0. The first-order valence-corrected chi connectivity index (χ1v) is 7.02. The van der Waals surface area contributed by atoms with Crippen LogP contribution in [0.5, 0.6) is 0 Å². The summed E-state index contributed by atoms with van der Waals surface area (Å²) >= 11 is 0. The Kier molecular flexibility index (Phi) is 2.86. The number of hydrogen-bond acceptors (Lipinski definition) is 1. The van der Waals surface area contributed by atoms with Crippen LogP contribution < -0.4 is 0 Å². The molecule has 2 nitrogen and oxygen atoms in total. The molecule has 3 heteroatoms. The highest BCUT2D eigenvalue weighted by Gasteiger charge is 2.27. The van der Waals surface area contributed by atoms with Gasteiger partial charge in [0.05, 0.1) is 0 Å². The van der Waals surface area contributed by atoms with Crippen molar-refractivity contribution in [1.29, 1.82) is 0 Å². The highest BCUT2D eigenvalue weighted by Crippen LogP contribution is 2.28. The zero-order chi connectivity index (χ0) is 9.10. The molecule has 0 spiro atoms. The molecule has 0 bridgehead atoms. The van der Waals surface area contributed by atoms with Crippen LogP contribution in [-0.4, -0.2) is 20.7 Å². The molecule has 1 saturated heterocycles. The summed E-state index contributed by atoms with van der Waals surface area (Å²) in [6, 6.07) is 5.56. The van der Waals surface area contributed by atoms with Crippen molar-refractivity contribution in [3.63, 3.8) is 0 Å². The van der Waals surface area contributed by atoms with Crippen molar-refractivity contribution in [1.82, 2.24) is 4.57 Å². The first-order chi connectivity index (χ1) is 6.42. The van der Waals surface area contributed by atoms with Crippen molar-refractivity contribution >= 4 is 9.04 Å². The van der Waals surface area contributed by atoms with Crippen molar-refractivity contribution in [2.24, 2.45) is 0 Å². The van der Waals surface area contributed by atoms with Gasteiger partial charge in [0.2, 0.25) is 0 Å². The lowest BCUT2D eigenvalue weighted by molar-refractivity contribution is 0.364. The zero-order valence-corrected chi connectivity index (χ0v) is 9.30. The molecular formula is C10H17NOSi. The Labute approximate surface area is 81.2 Å². The Morgan fingerprint density at radius 3 is 2.77 bits per heavy atom. The fourth-order valence-corrected chi connectivity index (χ4v) is 5.08. The van der Waals surface area contributed by atoms with Crippen LogP contribution in [-0.2, 0) is 4.43 Å². The summed E-state index contributed by atoms with van der Waals surface area (Å²) in [7, 11) is 0.938. The molecule has 0 saturated carbocycles. The molecule has 2 rings (SSSR count). The maximum atomic E-state index is 5.65. The van der Waals surface area contributed by atoms with Gasteiger partial charge >= 0.3 is 0 Å². The lowest BCUT2D eigenvalue weighted by atomic mass is 10.2. The third-order valence-corrected chi connectivity index (χ3v) is 6.10. The van der Waals surface area contributed by atoms with Crippen LogP contribution in [0.25, 0.3) is 0 Å². The van der Waals surface area contributed by atoms with E-state index >= 15 is 0 Å². The van der Waals surface area contributed by atoms with Crippen LogP contribution in [0.4, 0.5) is 0 Å². The average molecular weight is 195 g/mol. The van der Waals surface area contributed by atoms with Crippen molar-refractivity contribution in [2.45, 2.75) is 31.0 Å². The Morgan fingerprint density at radius 1 is 1.31 bits per heavy atom. The van der Waals surface area contributed by atoms with Gasteiger partial charge in [0.25, 0.3) is 0 Å². The topological polar surface area (TPSA) is 14.2 Å². The van der Waals surface area contributed by atoms with Crippen molar-refractivity contribution in [3.05, 3.63) is 24.5 Å². The van der Waals surface area contributed by atoms with Crippen LogP contribution in [0.1, 0.15) is 24.9 Å². The molecule has 1 aromatic rings. The lowest BCUT2D eigenvalue weighted by Crippen LogP contribution is -2.32. The minimum Gasteiger partial charge on any atom is -0.421 e. The largest absolute Gasteiger partial charge is 0.421 e. The van der Waals surface area contributed by atoms with E-state index in [0.717, 1.165) is 0 Å². The molecule has 2 unspecified atom stereocenters. The fourth-order valence-electron chi connectivity index (χ4n) is 2.26. The third-order valence-electron chi connectivity index (χ3n) is 2.98. The van der Waals surface area contributed by atoms with E-state index in [-0.39, 0.29) is 0 Å². The van der Waals surface area contributed by atoms with E-state index in [0.29, 0.717) is 5.67 Å². The molecule has 1 aliphatic heterocycles. The summed E-state index contributed by atoms with van der Waals surface area (Å²) in [6.45, 7) is 0. The maximum absolute atomic E-state index is 5.65. The second-order valence-corrected chi connectivity index (χ2v) is 6.65. The van der Waals surface area contributed by atoms with Gasteiger partial charge < -0.3 is 8.99 Å². The van der Waals surface area contributed by atoms with Gasteiger partial charge in [0.1, 0.15) is 0 Å². The van der Waals surface area contributed by atoms with E-state index in [1.54, 1.807) is 0 Å². The summed E-state index contributed by atoms with van der Waals surface area (Å²) in [5, 5.41) is 0. The summed E-state index contributed by atoms with van der Waals surface area (Å²) in [5.41, 5.74) is 0.703. The molecule has 0 aromatic carbocycles. The van der Waals surface area contributed by atoms with Gasteiger partial charge in [-0.15, -0.1) is 0 Å². The van der Waals surface area contributed by atoms with E-state index in [9.17, 15) is 0 Å². The highest BCUT2D eigenvalue weighted by atomic mass is 28.3. The van der Waals surface area contributed by atoms with Crippen molar-refractivity contribution < 1.29 is 4.43 Å². The van der Waals surface area contributed by atoms with E-state index in [4.69, 9.17) is 4.43 Å². The molecular weight excluding hydrogens is 178 g/mol. The SMILES string of the molecule is CO[SiH]1CCCCC1n1cccc1. The predicted octanol–water partition coefficient (Wildman–Crippen LogP) is 2.12. The standard InChI is InChI=1S/C10H17NOSi/c1-12-13-9-5-2-6-10(13)11-7-3-4-8-11/h3-4,7-8,10,13H,2,5-6,9H2,1H3. The molecule has 13 heavy (non-hydrogen) atoms.